The van der Waals surface area contributed by atoms with Gasteiger partial charge in [-0.25, -0.2) is 4.90 Å². The molecule has 5 rings (SSSR count). The van der Waals surface area contributed by atoms with Gasteiger partial charge in [0.15, 0.2) is 0 Å². The molecule has 0 saturated carbocycles. The highest BCUT2D eigenvalue weighted by atomic mass is 16.5. The van der Waals surface area contributed by atoms with Gasteiger partial charge in [0.25, 0.3) is 11.8 Å². The van der Waals surface area contributed by atoms with Crippen molar-refractivity contribution in [1.82, 2.24) is 4.90 Å². The van der Waals surface area contributed by atoms with Crippen LogP contribution in [0.5, 0.6) is 5.75 Å². The van der Waals surface area contributed by atoms with Crippen LogP contribution >= 0.6 is 0 Å². The van der Waals surface area contributed by atoms with Gasteiger partial charge in [-0.15, -0.1) is 0 Å². The molecule has 2 heterocycles. The smallest absolute Gasteiger partial charge is 0.282 e. The minimum Gasteiger partial charge on any atom is -0.497 e. The van der Waals surface area contributed by atoms with Crippen molar-refractivity contribution < 1.29 is 14.3 Å². The molecule has 0 spiro atoms. The number of anilines is 2. The van der Waals surface area contributed by atoms with Gasteiger partial charge in [0.05, 0.1) is 18.4 Å². The summed E-state index contributed by atoms with van der Waals surface area (Å²) in [5.74, 6) is 0.151. The number of rotatable bonds is 5. The van der Waals surface area contributed by atoms with Gasteiger partial charge >= 0.3 is 0 Å². The molecule has 3 aromatic carbocycles. The molecular weight excluding hydrogens is 426 g/mol. The highest BCUT2D eigenvalue weighted by molar-refractivity contribution is 6.45. The van der Waals surface area contributed by atoms with E-state index in [1.54, 1.807) is 7.11 Å². The molecule has 34 heavy (non-hydrogen) atoms. The number of piperazine rings is 1. The second-order valence-electron chi connectivity index (χ2n) is 8.49. The lowest BCUT2D eigenvalue weighted by Crippen LogP contribution is -2.47. The molecule has 0 N–H and O–H groups in total. The van der Waals surface area contributed by atoms with Crippen molar-refractivity contribution in [2.24, 2.45) is 0 Å². The molecule has 3 aromatic rings. The van der Waals surface area contributed by atoms with E-state index in [1.165, 1.54) is 10.6 Å². The lowest BCUT2D eigenvalue weighted by atomic mass is 10.0. The number of aryl methyl sites for hydroxylation is 1. The second-order valence-corrected chi connectivity index (χ2v) is 8.49. The van der Waals surface area contributed by atoms with Crippen LogP contribution in [-0.4, -0.2) is 50.0 Å². The zero-order chi connectivity index (χ0) is 23.7. The maximum atomic E-state index is 13.8. The number of amides is 2. The van der Waals surface area contributed by atoms with Gasteiger partial charge in [0, 0.05) is 31.9 Å². The predicted molar refractivity (Wildman–Crippen MR) is 134 cm³/mol. The summed E-state index contributed by atoms with van der Waals surface area (Å²) in [6.07, 6.45) is 0. The Bertz CT molecular complexity index is 1240. The van der Waals surface area contributed by atoms with Crippen molar-refractivity contribution in [3.63, 3.8) is 0 Å². The Hall–Kier alpha value is -4.06. The molecule has 0 radical (unpaired) electrons. The van der Waals surface area contributed by atoms with Crippen molar-refractivity contribution in [2.45, 2.75) is 6.92 Å². The summed E-state index contributed by atoms with van der Waals surface area (Å²) in [6.45, 7) is 4.78. The van der Waals surface area contributed by atoms with Gasteiger partial charge < -0.3 is 14.5 Å². The summed E-state index contributed by atoms with van der Waals surface area (Å²) in [6, 6.07) is 25.1. The summed E-state index contributed by atoms with van der Waals surface area (Å²) < 4.78 is 5.29. The Morgan fingerprint density at radius 2 is 1.32 bits per heavy atom. The number of nitrogens with zero attached hydrogens (tertiary/aromatic N) is 3. The molecule has 0 bridgehead atoms. The standard InChI is InChI=1S/C28H27N3O3/c1-20-8-6-7-11-24(20)31-27(32)25(21-12-14-23(34-2)15-13-21)26(28(31)33)30-18-16-29(17-19-30)22-9-4-3-5-10-22/h3-15H,16-19H2,1-2H3. The third-order valence-electron chi connectivity index (χ3n) is 6.51. The number of carbonyl (C=O) groups excluding carboxylic acids is 2. The molecule has 6 heteroatoms. The van der Waals surface area contributed by atoms with Crippen LogP contribution in [0.15, 0.2) is 84.6 Å². The molecule has 2 aliphatic rings. The highest BCUT2D eigenvalue weighted by Gasteiger charge is 2.43. The maximum Gasteiger partial charge on any atom is 0.282 e. The van der Waals surface area contributed by atoms with Crippen LogP contribution in [0.25, 0.3) is 5.57 Å². The fourth-order valence-corrected chi connectivity index (χ4v) is 4.69. The Labute approximate surface area is 199 Å². The van der Waals surface area contributed by atoms with E-state index in [1.807, 2.05) is 73.7 Å². The average Bonchev–Trinajstić information content (AvgIpc) is 3.14. The number of para-hydroxylation sites is 2. The van der Waals surface area contributed by atoms with Crippen LogP contribution in [0.3, 0.4) is 0 Å². The van der Waals surface area contributed by atoms with Crippen LogP contribution < -0.4 is 14.5 Å². The fourth-order valence-electron chi connectivity index (χ4n) is 4.69. The molecule has 0 unspecified atom stereocenters. The van der Waals surface area contributed by atoms with Crippen molar-refractivity contribution in [3.05, 3.63) is 95.7 Å². The molecule has 2 amide bonds. The summed E-state index contributed by atoms with van der Waals surface area (Å²) in [5.41, 5.74) is 4.32. The largest absolute Gasteiger partial charge is 0.497 e. The van der Waals surface area contributed by atoms with E-state index < -0.39 is 0 Å². The second kappa shape index (κ2) is 9.06. The first-order valence-corrected chi connectivity index (χ1v) is 11.5. The number of benzene rings is 3. The van der Waals surface area contributed by atoms with Gasteiger partial charge in [0.2, 0.25) is 0 Å². The quantitative estimate of drug-likeness (QED) is 0.544. The topological polar surface area (TPSA) is 53.1 Å². The SMILES string of the molecule is COc1ccc(C2=C(N3CCN(c4ccccc4)CC3)C(=O)N(c3ccccc3C)C2=O)cc1. The van der Waals surface area contributed by atoms with E-state index in [0.717, 1.165) is 24.2 Å². The zero-order valence-corrected chi connectivity index (χ0v) is 19.4. The van der Waals surface area contributed by atoms with Gasteiger partial charge in [-0.05, 0) is 48.4 Å². The highest BCUT2D eigenvalue weighted by Crippen LogP contribution is 2.37. The minimum absolute atomic E-state index is 0.265. The first-order valence-electron chi connectivity index (χ1n) is 11.5. The molecule has 6 nitrogen and oxygen atoms in total. The van der Waals surface area contributed by atoms with Gasteiger partial charge in [-0.2, -0.15) is 0 Å². The fraction of sp³-hybridized carbons (Fsp3) is 0.214. The first-order chi connectivity index (χ1) is 16.6. The lowest BCUT2D eigenvalue weighted by molar-refractivity contribution is -0.120. The van der Waals surface area contributed by atoms with E-state index in [4.69, 9.17) is 4.74 Å². The first kappa shape index (κ1) is 21.8. The van der Waals surface area contributed by atoms with Crippen molar-refractivity contribution in [3.8, 4) is 5.75 Å². The molecule has 2 aliphatic heterocycles. The lowest BCUT2D eigenvalue weighted by Gasteiger charge is -2.37. The van der Waals surface area contributed by atoms with E-state index in [2.05, 4.69) is 21.9 Å². The van der Waals surface area contributed by atoms with Crippen LogP contribution in [0.1, 0.15) is 11.1 Å². The summed E-state index contributed by atoms with van der Waals surface area (Å²) >= 11 is 0. The normalized spacial score (nSPS) is 16.5. The molecule has 0 aromatic heterocycles. The van der Waals surface area contributed by atoms with Crippen molar-refractivity contribution >= 4 is 28.8 Å². The van der Waals surface area contributed by atoms with Crippen molar-refractivity contribution in [1.29, 1.82) is 0 Å². The van der Waals surface area contributed by atoms with Crippen LogP contribution in [-0.2, 0) is 9.59 Å². The Balaban J connectivity index is 1.51. The monoisotopic (exact) mass is 453 g/mol. The average molecular weight is 454 g/mol. The van der Waals surface area contributed by atoms with E-state index in [0.29, 0.717) is 35.8 Å². The van der Waals surface area contributed by atoms with E-state index >= 15 is 0 Å². The summed E-state index contributed by atoms with van der Waals surface area (Å²) in [4.78, 5) is 33.2. The van der Waals surface area contributed by atoms with E-state index in [9.17, 15) is 9.59 Å². The number of methoxy groups -OCH3 is 1. The molecule has 1 saturated heterocycles. The number of imide groups is 1. The van der Waals surface area contributed by atoms with Crippen LogP contribution in [0, 0.1) is 6.92 Å². The molecule has 172 valence electrons. The number of carbonyl (C=O) groups is 2. The summed E-state index contributed by atoms with van der Waals surface area (Å²) in [7, 11) is 1.61. The van der Waals surface area contributed by atoms with Gasteiger partial charge in [0.1, 0.15) is 11.4 Å². The molecular formula is C28H27N3O3. The third kappa shape index (κ3) is 3.81. The van der Waals surface area contributed by atoms with Crippen LogP contribution in [0.4, 0.5) is 11.4 Å². The number of hydrogen-bond acceptors (Lipinski definition) is 5. The zero-order valence-electron chi connectivity index (χ0n) is 19.4. The van der Waals surface area contributed by atoms with Crippen LogP contribution in [0.2, 0.25) is 0 Å². The summed E-state index contributed by atoms with van der Waals surface area (Å²) in [5, 5.41) is 0. The molecule has 0 atom stereocenters. The maximum absolute atomic E-state index is 13.8. The van der Waals surface area contributed by atoms with Gasteiger partial charge in [-0.3, -0.25) is 9.59 Å². The van der Waals surface area contributed by atoms with Gasteiger partial charge in [-0.1, -0.05) is 48.5 Å². The third-order valence-corrected chi connectivity index (χ3v) is 6.51. The Morgan fingerprint density at radius 3 is 1.97 bits per heavy atom. The minimum atomic E-state index is -0.287. The molecule has 0 aliphatic carbocycles. The van der Waals surface area contributed by atoms with E-state index in [-0.39, 0.29) is 11.8 Å². The Kier molecular flexibility index (Phi) is 5.80. The number of hydrogen-bond donors (Lipinski definition) is 0. The Morgan fingerprint density at radius 1 is 0.706 bits per heavy atom. The van der Waals surface area contributed by atoms with Crippen molar-refractivity contribution in [2.75, 3.05) is 43.1 Å². The predicted octanol–water partition coefficient (Wildman–Crippen LogP) is 4.11. The molecule has 1 fully saturated rings. The number of ether oxygens (including phenoxy) is 1.